The molecule has 0 spiro atoms. The van der Waals surface area contributed by atoms with Crippen LogP contribution in [0.4, 0.5) is 0 Å². The fraction of sp³-hybridized carbons (Fsp3) is 0.0938. The van der Waals surface area contributed by atoms with Gasteiger partial charge in [0.2, 0.25) is 0 Å². The standard InChI is InChI=1S/C64H48N4/c1-4-16-44(17-5-1)56-22-14-24-58(65-56)46-28-38-62-54(42-46)52-20-8-10-26-60(52)67(62)50-34-30-48(31-35-50)64(40-12-3-13-41-64)49-32-36-51(37-33-49)68-61-27-11-9-21-53(61)55-43-47(29-39-63(55)68)59-25-15-23-57(66-59)45-18-6-2-7-19-45/h1-2,4-11,14-39,42-43H,3,12-13,40-41H2. The van der Waals surface area contributed by atoms with Crippen molar-refractivity contribution in [3.63, 3.8) is 0 Å². The molecule has 4 heterocycles. The number of benzene rings is 8. The lowest BCUT2D eigenvalue weighted by Crippen LogP contribution is -2.30. The molecule has 0 atom stereocenters. The predicted molar refractivity (Wildman–Crippen MR) is 283 cm³/mol. The summed E-state index contributed by atoms with van der Waals surface area (Å²) in [7, 11) is 0. The number of aromatic nitrogens is 4. The van der Waals surface area contributed by atoms with Crippen molar-refractivity contribution in [2.75, 3.05) is 0 Å². The zero-order valence-electron chi connectivity index (χ0n) is 37.8. The van der Waals surface area contributed by atoms with E-state index in [9.17, 15) is 0 Å². The fourth-order valence-corrected chi connectivity index (χ4v) is 11.3. The molecule has 8 aromatic carbocycles. The first-order valence-corrected chi connectivity index (χ1v) is 24.0. The van der Waals surface area contributed by atoms with Crippen molar-refractivity contribution in [1.82, 2.24) is 19.1 Å². The maximum atomic E-state index is 5.10. The zero-order chi connectivity index (χ0) is 45.0. The average molecular weight is 873 g/mol. The van der Waals surface area contributed by atoms with Gasteiger partial charge < -0.3 is 9.13 Å². The number of para-hydroxylation sites is 2. The summed E-state index contributed by atoms with van der Waals surface area (Å²) in [6.45, 7) is 0. The summed E-state index contributed by atoms with van der Waals surface area (Å²) in [4.78, 5) is 10.2. The van der Waals surface area contributed by atoms with Gasteiger partial charge in [-0.15, -0.1) is 0 Å². The van der Waals surface area contributed by atoms with Gasteiger partial charge in [0.1, 0.15) is 0 Å². The quantitative estimate of drug-likeness (QED) is 0.152. The van der Waals surface area contributed by atoms with Gasteiger partial charge in [0.25, 0.3) is 0 Å². The van der Waals surface area contributed by atoms with E-state index < -0.39 is 0 Å². The Morgan fingerprint density at radius 3 is 1.12 bits per heavy atom. The molecule has 324 valence electrons. The number of pyridine rings is 2. The Bertz CT molecular complexity index is 3550. The van der Waals surface area contributed by atoms with Crippen LogP contribution in [0.3, 0.4) is 0 Å². The van der Waals surface area contributed by atoms with E-state index in [0.29, 0.717) is 0 Å². The van der Waals surface area contributed by atoms with Crippen LogP contribution in [-0.2, 0) is 5.41 Å². The highest BCUT2D eigenvalue weighted by molar-refractivity contribution is 6.11. The first-order valence-electron chi connectivity index (χ1n) is 24.0. The van der Waals surface area contributed by atoms with Gasteiger partial charge in [-0.25, -0.2) is 9.97 Å². The minimum absolute atomic E-state index is 0.0522. The molecular weight excluding hydrogens is 825 g/mol. The minimum Gasteiger partial charge on any atom is -0.309 e. The monoisotopic (exact) mass is 872 g/mol. The summed E-state index contributed by atoms with van der Waals surface area (Å²) in [5.41, 5.74) is 18.3. The van der Waals surface area contributed by atoms with Crippen molar-refractivity contribution in [2.45, 2.75) is 37.5 Å². The Morgan fingerprint density at radius 1 is 0.294 bits per heavy atom. The van der Waals surface area contributed by atoms with E-state index in [1.54, 1.807) is 0 Å². The van der Waals surface area contributed by atoms with Crippen molar-refractivity contribution in [3.05, 3.63) is 242 Å². The molecule has 1 aliphatic rings. The number of fused-ring (bicyclic) bond motifs is 6. The number of rotatable bonds is 8. The first kappa shape index (κ1) is 40.0. The van der Waals surface area contributed by atoms with E-state index in [1.807, 2.05) is 12.1 Å². The van der Waals surface area contributed by atoms with Crippen LogP contribution in [0.25, 0.3) is 100 Å². The van der Waals surface area contributed by atoms with E-state index in [4.69, 9.17) is 9.97 Å². The minimum atomic E-state index is -0.0522. The number of hydrogen-bond donors (Lipinski definition) is 0. The Hall–Kier alpha value is -8.34. The summed E-state index contributed by atoms with van der Waals surface area (Å²) < 4.78 is 4.86. The van der Waals surface area contributed by atoms with Gasteiger partial charge in [-0.2, -0.15) is 0 Å². The van der Waals surface area contributed by atoms with Crippen LogP contribution in [0, 0.1) is 0 Å². The largest absolute Gasteiger partial charge is 0.309 e. The van der Waals surface area contributed by atoms with Crippen LogP contribution in [0.5, 0.6) is 0 Å². The smallest absolute Gasteiger partial charge is 0.0709 e. The average Bonchev–Trinajstić information content (AvgIpc) is 3.94. The van der Waals surface area contributed by atoms with Gasteiger partial charge in [-0.3, -0.25) is 0 Å². The topological polar surface area (TPSA) is 35.6 Å². The molecule has 1 fully saturated rings. The Kier molecular flexibility index (Phi) is 9.71. The molecule has 4 aromatic heterocycles. The van der Waals surface area contributed by atoms with Crippen molar-refractivity contribution in [1.29, 1.82) is 0 Å². The second-order valence-electron chi connectivity index (χ2n) is 18.5. The molecule has 0 amide bonds. The molecule has 4 nitrogen and oxygen atoms in total. The third-order valence-electron chi connectivity index (χ3n) is 14.6. The van der Waals surface area contributed by atoms with Gasteiger partial charge >= 0.3 is 0 Å². The molecule has 0 bridgehead atoms. The van der Waals surface area contributed by atoms with E-state index in [2.05, 4.69) is 228 Å². The van der Waals surface area contributed by atoms with Crippen LogP contribution in [0.1, 0.15) is 43.2 Å². The normalized spacial score (nSPS) is 13.7. The van der Waals surface area contributed by atoms with E-state index in [1.165, 1.54) is 85.4 Å². The van der Waals surface area contributed by atoms with Crippen molar-refractivity contribution < 1.29 is 0 Å². The van der Waals surface area contributed by atoms with Gasteiger partial charge in [0.15, 0.2) is 0 Å². The van der Waals surface area contributed by atoms with Crippen LogP contribution in [-0.4, -0.2) is 19.1 Å². The SMILES string of the molecule is c1ccc(-c2cccc(-c3ccc4c(c3)c3ccccc3n4-c3ccc(C4(c5ccc(-n6c7ccccc7c7cc(-c8cccc(-c9ccccc9)n8)ccc76)cc5)CCCCC4)cc3)n2)cc1. The first-order chi connectivity index (χ1) is 33.7. The van der Waals surface area contributed by atoms with E-state index in [-0.39, 0.29) is 5.41 Å². The molecule has 1 saturated carbocycles. The molecule has 0 radical (unpaired) electrons. The molecular formula is C64H48N4. The highest BCUT2D eigenvalue weighted by Crippen LogP contribution is 2.46. The predicted octanol–water partition coefficient (Wildman–Crippen LogP) is 16.6. The maximum Gasteiger partial charge on any atom is 0.0709 e. The lowest BCUT2D eigenvalue weighted by Gasteiger charge is -2.39. The Labute approximate surface area is 396 Å². The molecule has 13 rings (SSSR count). The maximum absolute atomic E-state index is 5.10. The second kappa shape index (κ2) is 16.5. The van der Waals surface area contributed by atoms with Crippen LogP contribution < -0.4 is 0 Å². The molecule has 12 aromatic rings. The summed E-state index contributed by atoms with van der Waals surface area (Å²) in [6, 6.07) is 83.8. The van der Waals surface area contributed by atoms with Gasteiger partial charge in [0, 0.05) is 60.6 Å². The van der Waals surface area contributed by atoms with Crippen LogP contribution in [0.15, 0.2) is 231 Å². The molecule has 4 heteroatoms. The third kappa shape index (κ3) is 6.75. The number of hydrogen-bond acceptors (Lipinski definition) is 2. The summed E-state index contributed by atoms with van der Waals surface area (Å²) >= 11 is 0. The molecule has 68 heavy (non-hydrogen) atoms. The van der Waals surface area contributed by atoms with Crippen molar-refractivity contribution >= 4 is 43.6 Å². The second-order valence-corrected chi connectivity index (χ2v) is 18.5. The van der Waals surface area contributed by atoms with Gasteiger partial charge in [0.05, 0.1) is 44.8 Å². The van der Waals surface area contributed by atoms with Crippen molar-refractivity contribution in [3.8, 4) is 56.4 Å². The van der Waals surface area contributed by atoms with E-state index in [0.717, 1.165) is 57.9 Å². The van der Waals surface area contributed by atoms with E-state index >= 15 is 0 Å². The summed E-state index contributed by atoms with van der Waals surface area (Å²) in [5.74, 6) is 0. The Balaban J connectivity index is 0.843. The lowest BCUT2D eigenvalue weighted by atomic mass is 9.65. The number of nitrogens with zero attached hydrogens (tertiary/aromatic N) is 4. The highest BCUT2D eigenvalue weighted by atomic mass is 15.0. The van der Waals surface area contributed by atoms with Crippen LogP contribution >= 0.6 is 0 Å². The molecule has 1 aliphatic carbocycles. The molecule has 0 aliphatic heterocycles. The molecule has 0 saturated heterocycles. The van der Waals surface area contributed by atoms with Gasteiger partial charge in [-0.05, 0) is 109 Å². The third-order valence-corrected chi connectivity index (χ3v) is 14.6. The fourth-order valence-electron chi connectivity index (χ4n) is 11.3. The molecule has 0 N–H and O–H groups in total. The highest BCUT2D eigenvalue weighted by Gasteiger charge is 2.36. The molecule has 0 unspecified atom stereocenters. The lowest BCUT2D eigenvalue weighted by molar-refractivity contribution is 0.346. The summed E-state index contributed by atoms with van der Waals surface area (Å²) in [6.07, 6.45) is 6.01. The summed E-state index contributed by atoms with van der Waals surface area (Å²) in [5, 5.41) is 4.94. The van der Waals surface area contributed by atoms with Crippen LogP contribution in [0.2, 0.25) is 0 Å². The van der Waals surface area contributed by atoms with Gasteiger partial charge in [-0.1, -0.05) is 165 Å². The van der Waals surface area contributed by atoms with Crippen molar-refractivity contribution in [2.24, 2.45) is 0 Å². The Morgan fingerprint density at radius 2 is 0.676 bits per heavy atom. The zero-order valence-corrected chi connectivity index (χ0v) is 37.8.